The zero-order valence-corrected chi connectivity index (χ0v) is 11.7. The molecule has 0 saturated carbocycles. The highest BCUT2D eigenvalue weighted by molar-refractivity contribution is 5.37. The molecule has 104 valence electrons. The van der Waals surface area contributed by atoms with Crippen LogP contribution in [0.15, 0.2) is 54.6 Å². The van der Waals surface area contributed by atoms with Crippen LogP contribution in [0.3, 0.4) is 0 Å². The van der Waals surface area contributed by atoms with Gasteiger partial charge in [0.05, 0.1) is 0 Å². The fourth-order valence-electron chi connectivity index (χ4n) is 2.67. The normalized spacial score (nSPS) is 16.0. The van der Waals surface area contributed by atoms with Crippen LogP contribution in [0.2, 0.25) is 0 Å². The second kappa shape index (κ2) is 6.58. The fraction of sp³-hybridized carbons (Fsp3) is 0.333. The number of piperidine rings is 1. The van der Waals surface area contributed by atoms with Gasteiger partial charge >= 0.3 is 0 Å². The Hall–Kier alpha value is -1.80. The summed E-state index contributed by atoms with van der Waals surface area (Å²) in [6, 6.07) is 19.0. The van der Waals surface area contributed by atoms with E-state index in [0.717, 1.165) is 38.1 Å². The van der Waals surface area contributed by atoms with Crippen LogP contribution in [-0.2, 0) is 6.42 Å². The predicted molar refractivity (Wildman–Crippen MR) is 82.2 cm³/mol. The highest BCUT2D eigenvalue weighted by Crippen LogP contribution is 2.24. The average Bonchev–Trinajstić information content (AvgIpc) is 2.51. The van der Waals surface area contributed by atoms with Crippen molar-refractivity contribution in [3.63, 3.8) is 0 Å². The topological polar surface area (TPSA) is 21.3 Å². The van der Waals surface area contributed by atoms with Crippen molar-refractivity contribution >= 4 is 0 Å². The molecule has 20 heavy (non-hydrogen) atoms. The molecule has 0 amide bonds. The Morgan fingerprint density at radius 2 is 1.60 bits per heavy atom. The smallest absolute Gasteiger partial charge is 0.123 e. The van der Waals surface area contributed by atoms with Gasteiger partial charge in [0.2, 0.25) is 0 Å². The maximum absolute atomic E-state index is 6.22. The van der Waals surface area contributed by atoms with E-state index in [-0.39, 0.29) is 0 Å². The summed E-state index contributed by atoms with van der Waals surface area (Å²) in [6.45, 7) is 2.12. The van der Waals surface area contributed by atoms with Crippen LogP contribution >= 0.6 is 0 Å². The van der Waals surface area contributed by atoms with Crippen LogP contribution in [0.5, 0.6) is 5.75 Å². The summed E-state index contributed by atoms with van der Waals surface area (Å²) in [4.78, 5) is 0. The van der Waals surface area contributed by atoms with Crippen molar-refractivity contribution in [1.82, 2.24) is 5.32 Å². The molecule has 1 N–H and O–H groups in total. The average molecular weight is 267 g/mol. The molecule has 3 rings (SSSR count). The van der Waals surface area contributed by atoms with Gasteiger partial charge in [-0.15, -0.1) is 0 Å². The minimum atomic E-state index is 0.355. The van der Waals surface area contributed by atoms with Crippen LogP contribution in [0.25, 0.3) is 0 Å². The van der Waals surface area contributed by atoms with Crippen molar-refractivity contribution in [2.75, 3.05) is 13.1 Å². The molecular weight excluding hydrogens is 246 g/mol. The van der Waals surface area contributed by atoms with Crippen LogP contribution < -0.4 is 10.1 Å². The summed E-state index contributed by atoms with van der Waals surface area (Å²) in [5.41, 5.74) is 2.60. The summed E-state index contributed by atoms with van der Waals surface area (Å²) < 4.78 is 6.22. The summed E-state index contributed by atoms with van der Waals surface area (Å²) in [5, 5.41) is 3.37. The molecule has 2 aromatic rings. The van der Waals surface area contributed by atoms with Gasteiger partial charge in [-0.1, -0.05) is 48.5 Å². The first-order valence-corrected chi connectivity index (χ1v) is 7.41. The maximum Gasteiger partial charge on any atom is 0.123 e. The molecule has 0 aliphatic carbocycles. The van der Waals surface area contributed by atoms with Gasteiger partial charge in [0, 0.05) is 6.42 Å². The van der Waals surface area contributed by atoms with Gasteiger partial charge in [0.1, 0.15) is 11.9 Å². The predicted octanol–water partition coefficient (Wildman–Crippen LogP) is 3.41. The van der Waals surface area contributed by atoms with Crippen molar-refractivity contribution < 1.29 is 4.74 Å². The molecule has 2 heteroatoms. The summed E-state index contributed by atoms with van der Waals surface area (Å²) in [7, 11) is 0. The van der Waals surface area contributed by atoms with Crippen LogP contribution in [-0.4, -0.2) is 19.2 Å². The van der Waals surface area contributed by atoms with Crippen LogP contribution in [0, 0.1) is 0 Å². The number of nitrogens with one attached hydrogen (secondary N) is 1. The highest BCUT2D eigenvalue weighted by Gasteiger charge is 2.15. The van der Waals surface area contributed by atoms with Crippen molar-refractivity contribution in [1.29, 1.82) is 0 Å². The van der Waals surface area contributed by atoms with Crippen LogP contribution in [0.1, 0.15) is 24.0 Å². The van der Waals surface area contributed by atoms with E-state index in [4.69, 9.17) is 4.74 Å². The van der Waals surface area contributed by atoms with E-state index in [0.29, 0.717) is 6.10 Å². The van der Waals surface area contributed by atoms with E-state index in [1.54, 1.807) is 0 Å². The third kappa shape index (κ3) is 3.40. The standard InChI is InChI=1S/C18H21NO/c1-2-6-15(7-3-1)14-16-8-4-5-9-18(16)20-17-10-12-19-13-11-17/h1-9,17,19H,10-14H2. The molecule has 2 nitrogen and oxygen atoms in total. The Kier molecular flexibility index (Phi) is 4.34. The number of benzene rings is 2. The van der Waals surface area contributed by atoms with Crippen molar-refractivity contribution in [3.8, 4) is 5.75 Å². The van der Waals surface area contributed by atoms with E-state index in [2.05, 4.69) is 59.9 Å². The lowest BCUT2D eigenvalue weighted by molar-refractivity contribution is 0.161. The number of hydrogen-bond donors (Lipinski definition) is 1. The van der Waals surface area contributed by atoms with E-state index in [1.165, 1.54) is 11.1 Å². The van der Waals surface area contributed by atoms with Crippen molar-refractivity contribution in [2.45, 2.75) is 25.4 Å². The molecule has 1 aliphatic rings. The molecule has 0 spiro atoms. The van der Waals surface area contributed by atoms with Gasteiger partial charge in [0.15, 0.2) is 0 Å². The molecule has 0 radical (unpaired) electrons. The first kappa shape index (κ1) is 13.2. The second-order valence-electron chi connectivity index (χ2n) is 5.34. The largest absolute Gasteiger partial charge is 0.490 e. The highest BCUT2D eigenvalue weighted by atomic mass is 16.5. The van der Waals surface area contributed by atoms with Gasteiger partial charge < -0.3 is 10.1 Å². The molecular formula is C18H21NO. The third-order valence-corrected chi connectivity index (χ3v) is 3.79. The Morgan fingerprint density at radius 1 is 0.900 bits per heavy atom. The Balaban J connectivity index is 1.74. The molecule has 0 bridgehead atoms. The fourth-order valence-corrected chi connectivity index (χ4v) is 2.67. The lowest BCUT2D eigenvalue weighted by atomic mass is 10.0. The molecule has 0 atom stereocenters. The molecule has 1 saturated heterocycles. The van der Waals surface area contributed by atoms with E-state index in [9.17, 15) is 0 Å². The molecule has 0 unspecified atom stereocenters. The van der Waals surface area contributed by atoms with Crippen molar-refractivity contribution in [3.05, 3.63) is 65.7 Å². The van der Waals surface area contributed by atoms with Gasteiger partial charge in [0.25, 0.3) is 0 Å². The minimum absolute atomic E-state index is 0.355. The summed E-state index contributed by atoms with van der Waals surface area (Å²) in [6.07, 6.45) is 3.48. The first-order valence-electron chi connectivity index (χ1n) is 7.41. The quantitative estimate of drug-likeness (QED) is 0.916. The van der Waals surface area contributed by atoms with E-state index < -0.39 is 0 Å². The van der Waals surface area contributed by atoms with Crippen molar-refractivity contribution in [2.24, 2.45) is 0 Å². The maximum atomic E-state index is 6.22. The molecule has 2 aromatic carbocycles. The third-order valence-electron chi connectivity index (χ3n) is 3.79. The number of rotatable bonds is 4. The van der Waals surface area contributed by atoms with Crippen LogP contribution in [0.4, 0.5) is 0 Å². The van der Waals surface area contributed by atoms with Gasteiger partial charge in [-0.25, -0.2) is 0 Å². The lowest BCUT2D eigenvalue weighted by Crippen LogP contribution is -2.34. The lowest BCUT2D eigenvalue weighted by Gasteiger charge is -2.25. The number of hydrogen-bond acceptors (Lipinski definition) is 2. The van der Waals surface area contributed by atoms with Gasteiger partial charge in [-0.2, -0.15) is 0 Å². The molecule has 1 fully saturated rings. The molecule has 1 aliphatic heterocycles. The number of ether oxygens (including phenoxy) is 1. The zero-order chi connectivity index (χ0) is 13.6. The van der Waals surface area contributed by atoms with E-state index in [1.807, 2.05) is 0 Å². The Morgan fingerprint density at radius 3 is 2.40 bits per heavy atom. The Bertz CT molecular complexity index is 532. The molecule has 0 aromatic heterocycles. The monoisotopic (exact) mass is 267 g/mol. The zero-order valence-electron chi connectivity index (χ0n) is 11.7. The number of para-hydroxylation sites is 1. The first-order chi connectivity index (χ1) is 9.92. The van der Waals surface area contributed by atoms with Gasteiger partial charge in [-0.05, 0) is 43.1 Å². The molecule has 1 heterocycles. The SMILES string of the molecule is c1ccc(Cc2ccccc2OC2CCNCC2)cc1. The second-order valence-corrected chi connectivity index (χ2v) is 5.34. The summed E-state index contributed by atoms with van der Waals surface area (Å²) in [5.74, 6) is 1.04. The van der Waals surface area contributed by atoms with Gasteiger partial charge in [-0.3, -0.25) is 0 Å². The van der Waals surface area contributed by atoms with E-state index >= 15 is 0 Å². The minimum Gasteiger partial charge on any atom is -0.490 e. The Labute approximate surface area is 120 Å². The summed E-state index contributed by atoms with van der Waals surface area (Å²) >= 11 is 0.